The number of nitrogens with zero attached hydrogens (tertiary/aromatic N) is 3. The van der Waals surface area contributed by atoms with Gasteiger partial charge in [0, 0.05) is 36.9 Å². The van der Waals surface area contributed by atoms with Gasteiger partial charge in [0.05, 0.1) is 33.0 Å². The second-order valence-electron chi connectivity index (χ2n) is 7.70. The summed E-state index contributed by atoms with van der Waals surface area (Å²) in [7, 11) is 0. The molecule has 0 radical (unpaired) electrons. The van der Waals surface area contributed by atoms with Crippen LogP contribution < -0.4 is 27.0 Å². The molecular weight excluding hydrogens is 440 g/mol. The molecular formula is C22H34N8O4. The predicted molar refractivity (Wildman–Crippen MR) is 129 cm³/mol. The fourth-order valence-corrected chi connectivity index (χ4v) is 3.06. The van der Waals surface area contributed by atoms with Crippen LogP contribution in [-0.2, 0) is 9.47 Å². The van der Waals surface area contributed by atoms with E-state index < -0.39 is 0 Å². The summed E-state index contributed by atoms with van der Waals surface area (Å²) in [6.07, 6.45) is 3.38. The number of benzene rings is 1. The summed E-state index contributed by atoms with van der Waals surface area (Å²) in [4.78, 5) is 25.5. The van der Waals surface area contributed by atoms with Crippen LogP contribution in [-0.4, -0.2) is 84.7 Å². The van der Waals surface area contributed by atoms with Gasteiger partial charge in [-0.25, -0.2) is 0 Å². The zero-order chi connectivity index (χ0) is 24.0. The molecule has 0 atom stereocenters. The topological polar surface area (TPSA) is 169 Å². The van der Waals surface area contributed by atoms with Crippen LogP contribution in [0.1, 0.15) is 29.6 Å². The number of nitrogens with one attached hydrogen (secondary N) is 4. The third-order valence-electron chi connectivity index (χ3n) is 5.04. The Morgan fingerprint density at radius 2 is 1.68 bits per heavy atom. The van der Waals surface area contributed by atoms with Crippen LogP contribution >= 0.6 is 0 Å². The average molecular weight is 475 g/mol. The Hall–Kier alpha value is -3.06. The van der Waals surface area contributed by atoms with E-state index in [-0.39, 0.29) is 12.5 Å². The molecule has 0 saturated heterocycles. The second-order valence-corrected chi connectivity index (χ2v) is 7.70. The summed E-state index contributed by atoms with van der Waals surface area (Å²) in [5.74, 6) is 1.03. The van der Waals surface area contributed by atoms with E-state index in [1.54, 1.807) is 24.3 Å². The lowest BCUT2D eigenvalue weighted by atomic mass is 9.93. The van der Waals surface area contributed by atoms with Gasteiger partial charge in [0.25, 0.3) is 5.91 Å². The minimum Gasteiger partial charge on any atom is -0.395 e. The second kappa shape index (κ2) is 14.3. The van der Waals surface area contributed by atoms with Gasteiger partial charge in [-0.3, -0.25) is 4.79 Å². The first-order valence-corrected chi connectivity index (χ1v) is 11.6. The third kappa shape index (κ3) is 8.71. The van der Waals surface area contributed by atoms with Crippen molar-refractivity contribution >= 4 is 29.4 Å². The molecule has 0 bridgehead atoms. The van der Waals surface area contributed by atoms with E-state index in [0.717, 1.165) is 18.5 Å². The van der Waals surface area contributed by atoms with E-state index in [2.05, 4.69) is 36.2 Å². The molecule has 1 amide bonds. The lowest BCUT2D eigenvalue weighted by Crippen LogP contribution is -2.28. The van der Waals surface area contributed by atoms with Crippen molar-refractivity contribution in [1.82, 2.24) is 20.3 Å². The molecule has 0 aliphatic heterocycles. The van der Waals surface area contributed by atoms with Crippen molar-refractivity contribution < 1.29 is 19.4 Å². The molecule has 1 aromatic carbocycles. The highest BCUT2D eigenvalue weighted by molar-refractivity contribution is 5.94. The summed E-state index contributed by atoms with van der Waals surface area (Å²) >= 11 is 0. The zero-order valence-corrected chi connectivity index (χ0v) is 19.3. The summed E-state index contributed by atoms with van der Waals surface area (Å²) in [5, 5.41) is 21.3. The molecule has 1 fully saturated rings. The van der Waals surface area contributed by atoms with E-state index in [9.17, 15) is 4.79 Å². The molecule has 186 valence electrons. The number of ether oxygens (including phenoxy) is 2. The smallest absolute Gasteiger partial charge is 0.251 e. The molecule has 1 heterocycles. The number of hydrogen-bond donors (Lipinski definition) is 6. The minimum atomic E-state index is -0.183. The largest absolute Gasteiger partial charge is 0.395 e. The molecule has 1 aliphatic carbocycles. The summed E-state index contributed by atoms with van der Waals surface area (Å²) in [6, 6.07) is 7.37. The number of carbonyl (C=O) groups excluding carboxylic acids is 1. The molecule has 0 unspecified atom stereocenters. The Morgan fingerprint density at radius 1 is 0.971 bits per heavy atom. The van der Waals surface area contributed by atoms with Crippen LogP contribution in [0.5, 0.6) is 0 Å². The number of aliphatic hydroxyl groups excluding tert-OH is 1. The number of anilines is 4. The molecule has 1 saturated carbocycles. The van der Waals surface area contributed by atoms with Crippen molar-refractivity contribution in [2.75, 3.05) is 68.6 Å². The van der Waals surface area contributed by atoms with Gasteiger partial charge in [-0.05, 0) is 43.5 Å². The first kappa shape index (κ1) is 25.6. The molecule has 2 aromatic rings. The molecule has 12 heteroatoms. The van der Waals surface area contributed by atoms with Gasteiger partial charge in [-0.15, -0.1) is 0 Å². The van der Waals surface area contributed by atoms with E-state index in [1.807, 2.05) is 0 Å². The molecule has 0 spiro atoms. The van der Waals surface area contributed by atoms with Crippen molar-refractivity contribution in [3.8, 4) is 0 Å². The number of aliphatic hydroxyl groups is 1. The van der Waals surface area contributed by atoms with Gasteiger partial charge in [0.2, 0.25) is 17.8 Å². The van der Waals surface area contributed by atoms with Crippen LogP contribution in [0.3, 0.4) is 0 Å². The van der Waals surface area contributed by atoms with E-state index in [0.29, 0.717) is 75.5 Å². The van der Waals surface area contributed by atoms with Crippen LogP contribution in [0.15, 0.2) is 24.3 Å². The number of aromatic nitrogens is 3. The van der Waals surface area contributed by atoms with Gasteiger partial charge in [0.1, 0.15) is 0 Å². The maximum Gasteiger partial charge on any atom is 0.251 e. The Labute approximate surface area is 199 Å². The lowest BCUT2D eigenvalue weighted by molar-refractivity contribution is 0.0511. The lowest BCUT2D eigenvalue weighted by Gasteiger charge is -2.26. The van der Waals surface area contributed by atoms with E-state index >= 15 is 0 Å². The van der Waals surface area contributed by atoms with Crippen molar-refractivity contribution in [3.05, 3.63) is 29.8 Å². The van der Waals surface area contributed by atoms with Crippen LogP contribution in [0, 0.1) is 0 Å². The van der Waals surface area contributed by atoms with Crippen molar-refractivity contribution in [2.45, 2.75) is 25.3 Å². The van der Waals surface area contributed by atoms with Crippen molar-refractivity contribution in [1.29, 1.82) is 0 Å². The fourth-order valence-electron chi connectivity index (χ4n) is 3.06. The number of hydrogen-bond acceptors (Lipinski definition) is 11. The monoisotopic (exact) mass is 474 g/mol. The first-order valence-electron chi connectivity index (χ1n) is 11.6. The van der Waals surface area contributed by atoms with Crippen LogP contribution in [0.2, 0.25) is 0 Å². The normalized spacial score (nSPS) is 13.2. The highest BCUT2D eigenvalue weighted by atomic mass is 16.5. The fraction of sp³-hybridized carbons (Fsp3) is 0.545. The predicted octanol–water partition coefficient (Wildman–Crippen LogP) is 0.706. The Bertz CT molecular complexity index is 880. The van der Waals surface area contributed by atoms with Gasteiger partial charge < -0.3 is 41.6 Å². The third-order valence-corrected chi connectivity index (χ3v) is 5.04. The van der Waals surface area contributed by atoms with Gasteiger partial charge in [-0.1, -0.05) is 0 Å². The van der Waals surface area contributed by atoms with Crippen molar-refractivity contribution in [3.63, 3.8) is 0 Å². The summed E-state index contributed by atoms with van der Waals surface area (Å²) < 4.78 is 10.6. The average Bonchev–Trinajstić information content (AvgIpc) is 2.82. The van der Waals surface area contributed by atoms with Gasteiger partial charge >= 0.3 is 0 Å². The number of amides is 1. The molecule has 12 nitrogen and oxygen atoms in total. The highest BCUT2D eigenvalue weighted by Gasteiger charge is 2.19. The van der Waals surface area contributed by atoms with Gasteiger partial charge in [-0.2, -0.15) is 15.0 Å². The van der Waals surface area contributed by atoms with Gasteiger partial charge in [0.15, 0.2) is 0 Å². The Balaban J connectivity index is 1.49. The number of nitrogens with two attached hydrogens (primary N) is 1. The molecule has 3 rings (SSSR count). The van der Waals surface area contributed by atoms with E-state index in [1.165, 1.54) is 6.42 Å². The number of rotatable bonds is 16. The van der Waals surface area contributed by atoms with Crippen LogP contribution in [0.4, 0.5) is 23.5 Å². The quantitative estimate of drug-likeness (QED) is 0.189. The van der Waals surface area contributed by atoms with E-state index in [4.69, 9.17) is 20.3 Å². The summed E-state index contributed by atoms with van der Waals surface area (Å²) in [6.45, 7) is 3.06. The summed E-state index contributed by atoms with van der Waals surface area (Å²) in [5.41, 5.74) is 6.60. The van der Waals surface area contributed by atoms with Crippen LogP contribution in [0.25, 0.3) is 0 Å². The number of carbonyl (C=O) groups is 1. The molecule has 34 heavy (non-hydrogen) atoms. The van der Waals surface area contributed by atoms with Crippen molar-refractivity contribution in [2.24, 2.45) is 5.73 Å². The zero-order valence-electron chi connectivity index (χ0n) is 19.3. The SMILES string of the molecule is NCCOCCOCCNC(=O)c1ccc(Nc2nc(NCCO)nc(NC3CCC3)n2)cc1. The standard InChI is InChI=1S/C22H34N8O4/c23-8-12-33-14-15-34-13-10-24-19(32)16-4-6-18(7-5-16)27-22-29-20(25-9-11-31)28-21(30-22)26-17-2-1-3-17/h4-7,17,31H,1-3,8-15,23H2,(H,24,32)(H3,25,26,27,28,29,30). The Morgan fingerprint density at radius 3 is 2.35 bits per heavy atom. The Kier molecular flexibility index (Phi) is 10.7. The molecule has 1 aromatic heterocycles. The maximum absolute atomic E-state index is 12.3. The minimum absolute atomic E-state index is 0.0291. The molecule has 1 aliphatic rings. The molecule has 7 N–H and O–H groups in total. The first-order chi connectivity index (χ1) is 16.7. The maximum atomic E-state index is 12.3. The highest BCUT2D eigenvalue weighted by Crippen LogP contribution is 2.23.